The Hall–Kier alpha value is -0.220. The highest BCUT2D eigenvalue weighted by molar-refractivity contribution is 7.85. The fourth-order valence-electron chi connectivity index (χ4n) is 1.45. The van der Waals surface area contributed by atoms with Gasteiger partial charge in [-0.05, 0) is 19.9 Å². The third-order valence-corrected chi connectivity index (χ3v) is 3.55. The van der Waals surface area contributed by atoms with Crippen molar-refractivity contribution < 1.29 is 9.00 Å². The molecule has 0 aromatic carbocycles. The van der Waals surface area contributed by atoms with Gasteiger partial charge >= 0.3 is 0 Å². The number of ketones is 1. The van der Waals surface area contributed by atoms with E-state index in [1.54, 1.807) is 6.92 Å². The molecule has 76 valence electrons. The molecule has 0 aromatic heterocycles. The normalized spacial score (nSPS) is 20.4. The molecule has 0 N–H and O–H groups in total. The van der Waals surface area contributed by atoms with Crippen LogP contribution in [0.4, 0.5) is 0 Å². The Morgan fingerprint density at radius 2 is 2.00 bits per heavy atom. The van der Waals surface area contributed by atoms with Crippen LogP contribution >= 0.6 is 0 Å². The van der Waals surface area contributed by atoms with Gasteiger partial charge in [0, 0.05) is 41.8 Å². The Labute approximate surface area is 81.9 Å². The monoisotopic (exact) mass is 203 g/mol. The average Bonchev–Trinajstić information content (AvgIpc) is 2.08. The Morgan fingerprint density at radius 1 is 1.38 bits per heavy atom. The standard InChI is InChI=1S/C9H17NO2S/c1-9(11)3-2-4-10-5-7-13(12)8-6-10/h2-8H2,1H3. The molecule has 1 heterocycles. The van der Waals surface area contributed by atoms with Crippen molar-refractivity contribution in [3.8, 4) is 0 Å². The van der Waals surface area contributed by atoms with E-state index in [1.165, 1.54) is 0 Å². The van der Waals surface area contributed by atoms with Gasteiger partial charge in [-0.3, -0.25) is 4.21 Å². The highest BCUT2D eigenvalue weighted by Gasteiger charge is 2.14. The molecule has 0 amide bonds. The van der Waals surface area contributed by atoms with E-state index >= 15 is 0 Å². The molecular formula is C9H17NO2S. The number of nitrogens with zero attached hydrogens (tertiary/aromatic N) is 1. The predicted octanol–water partition coefficient (Wildman–Crippen LogP) is 0.420. The predicted molar refractivity (Wildman–Crippen MR) is 54.2 cm³/mol. The lowest BCUT2D eigenvalue weighted by Gasteiger charge is -2.25. The summed E-state index contributed by atoms with van der Waals surface area (Å²) in [6.45, 7) is 4.48. The van der Waals surface area contributed by atoms with Gasteiger partial charge in [0.25, 0.3) is 0 Å². The maximum absolute atomic E-state index is 11.0. The Bertz CT molecular complexity index is 196. The van der Waals surface area contributed by atoms with Gasteiger partial charge in [-0.15, -0.1) is 0 Å². The van der Waals surface area contributed by atoms with Gasteiger partial charge in [-0.2, -0.15) is 0 Å². The van der Waals surface area contributed by atoms with Crippen molar-refractivity contribution in [2.24, 2.45) is 0 Å². The van der Waals surface area contributed by atoms with Crippen LogP contribution in [0.25, 0.3) is 0 Å². The summed E-state index contributed by atoms with van der Waals surface area (Å²) in [4.78, 5) is 13.0. The summed E-state index contributed by atoms with van der Waals surface area (Å²) >= 11 is 0. The maximum atomic E-state index is 11.0. The van der Waals surface area contributed by atoms with Gasteiger partial charge < -0.3 is 9.69 Å². The highest BCUT2D eigenvalue weighted by Crippen LogP contribution is 2.02. The maximum Gasteiger partial charge on any atom is 0.129 e. The molecule has 0 radical (unpaired) electrons. The third-order valence-electron chi connectivity index (χ3n) is 2.27. The lowest BCUT2D eigenvalue weighted by Crippen LogP contribution is -2.38. The highest BCUT2D eigenvalue weighted by atomic mass is 32.2. The quantitative estimate of drug-likeness (QED) is 0.664. The smallest absolute Gasteiger partial charge is 0.129 e. The molecule has 0 aliphatic carbocycles. The zero-order chi connectivity index (χ0) is 9.68. The van der Waals surface area contributed by atoms with Gasteiger partial charge in [0.15, 0.2) is 0 Å². The minimum Gasteiger partial charge on any atom is -0.301 e. The number of Topliss-reactive ketones (excluding diaryl/α,β-unsaturated/α-hetero) is 1. The largest absolute Gasteiger partial charge is 0.301 e. The molecular weight excluding hydrogens is 186 g/mol. The van der Waals surface area contributed by atoms with Gasteiger partial charge in [0.1, 0.15) is 5.78 Å². The number of hydrogen-bond donors (Lipinski definition) is 0. The minimum atomic E-state index is -0.584. The zero-order valence-electron chi connectivity index (χ0n) is 8.12. The molecule has 1 fully saturated rings. The van der Waals surface area contributed by atoms with Gasteiger partial charge in [0.2, 0.25) is 0 Å². The molecule has 1 saturated heterocycles. The lowest BCUT2D eigenvalue weighted by molar-refractivity contribution is -0.117. The summed E-state index contributed by atoms with van der Waals surface area (Å²) in [5.41, 5.74) is 0. The van der Waals surface area contributed by atoms with Crippen LogP contribution in [0.15, 0.2) is 0 Å². The fourth-order valence-corrected chi connectivity index (χ4v) is 2.58. The molecule has 0 spiro atoms. The van der Waals surface area contributed by atoms with Crippen molar-refractivity contribution in [1.82, 2.24) is 4.90 Å². The molecule has 4 heteroatoms. The van der Waals surface area contributed by atoms with Crippen LogP contribution in [0.3, 0.4) is 0 Å². The van der Waals surface area contributed by atoms with Crippen molar-refractivity contribution in [3.05, 3.63) is 0 Å². The first-order valence-corrected chi connectivity index (χ1v) is 6.24. The molecule has 1 rings (SSSR count). The minimum absolute atomic E-state index is 0.264. The van der Waals surface area contributed by atoms with Crippen LogP contribution in [-0.2, 0) is 15.6 Å². The molecule has 13 heavy (non-hydrogen) atoms. The van der Waals surface area contributed by atoms with Gasteiger partial charge in [0.05, 0.1) is 0 Å². The first-order chi connectivity index (χ1) is 6.18. The van der Waals surface area contributed by atoms with Crippen molar-refractivity contribution in [2.45, 2.75) is 19.8 Å². The second kappa shape index (κ2) is 5.50. The SMILES string of the molecule is CC(=O)CCCN1CCS(=O)CC1. The van der Waals surface area contributed by atoms with E-state index in [1.807, 2.05) is 0 Å². The van der Waals surface area contributed by atoms with E-state index in [2.05, 4.69) is 4.90 Å². The van der Waals surface area contributed by atoms with Crippen LogP contribution in [0.2, 0.25) is 0 Å². The number of carbonyl (C=O) groups excluding carboxylic acids is 1. The summed E-state index contributed by atoms with van der Waals surface area (Å²) in [7, 11) is -0.584. The van der Waals surface area contributed by atoms with Crippen LogP contribution in [0.5, 0.6) is 0 Å². The Morgan fingerprint density at radius 3 is 2.54 bits per heavy atom. The van der Waals surface area contributed by atoms with E-state index < -0.39 is 10.8 Å². The topological polar surface area (TPSA) is 37.4 Å². The summed E-state index contributed by atoms with van der Waals surface area (Å²) in [6.07, 6.45) is 1.63. The Balaban J connectivity index is 2.09. The van der Waals surface area contributed by atoms with Crippen molar-refractivity contribution in [1.29, 1.82) is 0 Å². The van der Waals surface area contributed by atoms with Crippen LogP contribution < -0.4 is 0 Å². The van der Waals surface area contributed by atoms with Gasteiger partial charge in [-0.25, -0.2) is 0 Å². The van der Waals surface area contributed by atoms with Gasteiger partial charge in [-0.1, -0.05) is 0 Å². The van der Waals surface area contributed by atoms with E-state index in [9.17, 15) is 9.00 Å². The van der Waals surface area contributed by atoms with E-state index in [0.717, 1.165) is 37.6 Å². The van der Waals surface area contributed by atoms with E-state index in [4.69, 9.17) is 0 Å². The lowest BCUT2D eigenvalue weighted by atomic mass is 10.2. The van der Waals surface area contributed by atoms with Crippen LogP contribution in [0, 0.1) is 0 Å². The average molecular weight is 203 g/mol. The molecule has 0 saturated carbocycles. The van der Waals surface area contributed by atoms with Crippen molar-refractivity contribution in [3.63, 3.8) is 0 Å². The first kappa shape index (κ1) is 10.9. The van der Waals surface area contributed by atoms with Crippen LogP contribution in [-0.4, -0.2) is 46.0 Å². The number of carbonyl (C=O) groups is 1. The molecule has 0 unspecified atom stereocenters. The van der Waals surface area contributed by atoms with Crippen LogP contribution in [0.1, 0.15) is 19.8 Å². The van der Waals surface area contributed by atoms with E-state index in [0.29, 0.717) is 6.42 Å². The number of hydrogen-bond acceptors (Lipinski definition) is 3. The van der Waals surface area contributed by atoms with Crippen molar-refractivity contribution in [2.75, 3.05) is 31.1 Å². The summed E-state index contributed by atoms with van der Waals surface area (Å²) in [5, 5.41) is 0. The molecule has 0 atom stereocenters. The van der Waals surface area contributed by atoms with E-state index in [-0.39, 0.29) is 5.78 Å². The molecule has 0 aromatic rings. The molecule has 1 aliphatic rings. The summed E-state index contributed by atoms with van der Waals surface area (Å²) in [5.74, 6) is 1.88. The number of rotatable bonds is 4. The zero-order valence-corrected chi connectivity index (χ0v) is 8.94. The molecule has 0 bridgehead atoms. The third kappa shape index (κ3) is 4.52. The second-order valence-corrected chi connectivity index (χ2v) is 5.19. The second-order valence-electron chi connectivity index (χ2n) is 3.50. The Kier molecular flexibility index (Phi) is 4.59. The molecule has 1 aliphatic heterocycles. The first-order valence-electron chi connectivity index (χ1n) is 4.75. The fraction of sp³-hybridized carbons (Fsp3) is 0.889. The van der Waals surface area contributed by atoms with Crippen molar-refractivity contribution >= 4 is 16.6 Å². The summed E-state index contributed by atoms with van der Waals surface area (Å²) < 4.78 is 11.0. The summed E-state index contributed by atoms with van der Waals surface area (Å²) in [6, 6.07) is 0. The molecule has 3 nitrogen and oxygen atoms in total.